The van der Waals surface area contributed by atoms with Gasteiger partial charge in [-0.1, -0.05) is 6.07 Å². The van der Waals surface area contributed by atoms with Crippen molar-refractivity contribution in [1.29, 1.82) is 0 Å². The van der Waals surface area contributed by atoms with Gasteiger partial charge >= 0.3 is 6.18 Å². The second-order valence-corrected chi connectivity index (χ2v) is 8.59. The van der Waals surface area contributed by atoms with E-state index in [0.29, 0.717) is 12.5 Å². The van der Waals surface area contributed by atoms with Gasteiger partial charge in [-0.25, -0.2) is 18.1 Å². The molecule has 1 aliphatic heterocycles. The van der Waals surface area contributed by atoms with E-state index in [4.69, 9.17) is 0 Å². The summed E-state index contributed by atoms with van der Waals surface area (Å²) in [6.07, 6.45) is -1.92. The van der Waals surface area contributed by atoms with Crippen LogP contribution in [0.25, 0.3) is 0 Å². The maximum absolute atomic E-state index is 12.7. The van der Waals surface area contributed by atoms with Gasteiger partial charge in [0.25, 0.3) is 0 Å². The SMILES string of the molecule is O=S(=O)(NCCc1csc(N2CCCC2)n1)c1cccc(C(F)(F)F)c1. The van der Waals surface area contributed by atoms with Gasteiger partial charge < -0.3 is 4.90 Å². The van der Waals surface area contributed by atoms with Crippen LogP contribution in [-0.4, -0.2) is 33.0 Å². The third kappa shape index (κ3) is 4.54. The van der Waals surface area contributed by atoms with Crippen LogP contribution in [0.1, 0.15) is 24.1 Å². The minimum Gasteiger partial charge on any atom is -0.348 e. The zero-order chi connectivity index (χ0) is 18.8. The molecule has 1 N–H and O–H groups in total. The lowest BCUT2D eigenvalue weighted by Crippen LogP contribution is -2.26. The summed E-state index contributed by atoms with van der Waals surface area (Å²) in [6, 6.07) is 3.71. The summed E-state index contributed by atoms with van der Waals surface area (Å²) < 4.78 is 65.0. The molecule has 0 spiro atoms. The van der Waals surface area contributed by atoms with Gasteiger partial charge in [0.05, 0.1) is 16.2 Å². The summed E-state index contributed by atoms with van der Waals surface area (Å²) in [5.41, 5.74) is -0.223. The number of rotatable bonds is 6. The number of sulfonamides is 1. The molecule has 0 aliphatic carbocycles. The van der Waals surface area contributed by atoms with E-state index in [1.165, 1.54) is 11.3 Å². The summed E-state index contributed by atoms with van der Waals surface area (Å²) in [4.78, 5) is 6.29. The van der Waals surface area contributed by atoms with Crippen LogP contribution in [0.2, 0.25) is 0 Å². The normalized spacial score (nSPS) is 15.6. The number of alkyl halides is 3. The molecule has 142 valence electrons. The van der Waals surface area contributed by atoms with E-state index in [0.717, 1.165) is 55.0 Å². The highest BCUT2D eigenvalue weighted by Crippen LogP contribution is 2.30. The average Bonchev–Trinajstić information content (AvgIpc) is 3.25. The Kier molecular flexibility index (Phi) is 5.54. The molecule has 0 amide bonds. The molecule has 1 aliphatic rings. The van der Waals surface area contributed by atoms with Crippen LogP contribution >= 0.6 is 11.3 Å². The van der Waals surface area contributed by atoms with Gasteiger partial charge in [0.1, 0.15) is 0 Å². The molecule has 1 fully saturated rings. The molecule has 1 saturated heterocycles. The summed E-state index contributed by atoms with van der Waals surface area (Å²) in [5.74, 6) is 0. The predicted octanol–water partition coefficient (Wildman–Crippen LogP) is 3.28. The molecular weight excluding hydrogens is 387 g/mol. The lowest BCUT2D eigenvalue weighted by molar-refractivity contribution is -0.137. The molecule has 26 heavy (non-hydrogen) atoms. The molecular formula is C16H18F3N3O2S2. The third-order valence-electron chi connectivity index (χ3n) is 4.06. The number of nitrogens with zero attached hydrogens (tertiary/aromatic N) is 2. The number of benzene rings is 1. The standard InChI is InChI=1S/C16H18F3N3O2S2/c17-16(18,19)12-4-3-5-14(10-12)26(23,24)20-7-6-13-11-25-15(21-13)22-8-1-2-9-22/h3-5,10-11,20H,1-2,6-9H2. The summed E-state index contributed by atoms with van der Waals surface area (Å²) in [5, 5.41) is 2.81. The predicted molar refractivity (Wildman–Crippen MR) is 93.9 cm³/mol. The van der Waals surface area contributed by atoms with Gasteiger partial charge in [-0.05, 0) is 31.0 Å². The van der Waals surface area contributed by atoms with E-state index < -0.39 is 26.7 Å². The van der Waals surface area contributed by atoms with E-state index in [2.05, 4.69) is 14.6 Å². The zero-order valence-electron chi connectivity index (χ0n) is 13.8. The molecule has 0 atom stereocenters. The Labute approximate surface area is 153 Å². The Balaban J connectivity index is 1.60. The van der Waals surface area contributed by atoms with Gasteiger partial charge in [0.2, 0.25) is 10.0 Å². The van der Waals surface area contributed by atoms with Crippen LogP contribution in [0.5, 0.6) is 0 Å². The Morgan fingerprint density at radius 3 is 2.65 bits per heavy atom. The fraction of sp³-hybridized carbons (Fsp3) is 0.438. The Morgan fingerprint density at radius 2 is 1.96 bits per heavy atom. The first-order valence-corrected chi connectivity index (χ1v) is 10.5. The van der Waals surface area contributed by atoms with Crippen LogP contribution < -0.4 is 9.62 Å². The van der Waals surface area contributed by atoms with Crippen molar-refractivity contribution < 1.29 is 21.6 Å². The van der Waals surface area contributed by atoms with Gasteiger partial charge in [0, 0.05) is 31.4 Å². The third-order valence-corrected chi connectivity index (χ3v) is 6.47. The molecule has 0 bridgehead atoms. The van der Waals surface area contributed by atoms with Crippen molar-refractivity contribution in [3.05, 3.63) is 40.9 Å². The van der Waals surface area contributed by atoms with E-state index in [9.17, 15) is 21.6 Å². The molecule has 0 saturated carbocycles. The van der Waals surface area contributed by atoms with E-state index >= 15 is 0 Å². The van der Waals surface area contributed by atoms with Crippen LogP contribution in [0.15, 0.2) is 34.5 Å². The number of thiazole rings is 1. The second kappa shape index (κ2) is 7.53. The average molecular weight is 405 g/mol. The first-order chi connectivity index (χ1) is 12.3. The van der Waals surface area contributed by atoms with Crippen LogP contribution in [0.3, 0.4) is 0 Å². The van der Waals surface area contributed by atoms with Gasteiger partial charge in [-0.15, -0.1) is 11.3 Å². The van der Waals surface area contributed by atoms with Crippen molar-refractivity contribution in [3.63, 3.8) is 0 Å². The first kappa shape index (κ1) is 19.1. The van der Waals surface area contributed by atoms with E-state index in [1.807, 2.05) is 5.38 Å². The van der Waals surface area contributed by atoms with Gasteiger partial charge in [0.15, 0.2) is 5.13 Å². The highest BCUT2D eigenvalue weighted by Gasteiger charge is 2.31. The second-order valence-electron chi connectivity index (χ2n) is 5.99. The molecule has 1 aromatic carbocycles. The fourth-order valence-corrected chi connectivity index (χ4v) is 4.69. The Morgan fingerprint density at radius 1 is 1.23 bits per heavy atom. The van der Waals surface area contributed by atoms with Gasteiger partial charge in [-0.3, -0.25) is 0 Å². The minimum atomic E-state index is -4.59. The number of hydrogen-bond donors (Lipinski definition) is 1. The lowest BCUT2D eigenvalue weighted by atomic mass is 10.2. The van der Waals surface area contributed by atoms with Gasteiger partial charge in [-0.2, -0.15) is 13.2 Å². The van der Waals surface area contributed by atoms with Crippen molar-refractivity contribution in [2.75, 3.05) is 24.5 Å². The fourth-order valence-electron chi connectivity index (χ4n) is 2.70. The smallest absolute Gasteiger partial charge is 0.348 e. The number of nitrogens with one attached hydrogen (secondary N) is 1. The monoisotopic (exact) mass is 405 g/mol. The zero-order valence-corrected chi connectivity index (χ0v) is 15.4. The van der Waals surface area contributed by atoms with Crippen molar-refractivity contribution >= 4 is 26.5 Å². The Bertz CT molecular complexity index is 860. The molecule has 1 aromatic heterocycles. The number of hydrogen-bond acceptors (Lipinski definition) is 5. The molecule has 2 heterocycles. The van der Waals surface area contributed by atoms with E-state index in [1.54, 1.807) is 0 Å². The van der Waals surface area contributed by atoms with Crippen molar-refractivity contribution in [2.45, 2.75) is 30.3 Å². The Hall–Kier alpha value is -1.65. The lowest BCUT2D eigenvalue weighted by Gasteiger charge is -2.12. The van der Waals surface area contributed by atoms with E-state index in [-0.39, 0.29) is 6.54 Å². The number of aromatic nitrogens is 1. The molecule has 5 nitrogen and oxygen atoms in total. The van der Waals surface area contributed by atoms with Crippen LogP contribution in [0.4, 0.5) is 18.3 Å². The van der Waals surface area contributed by atoms with Crippen LogP contribution in [-0.2, 0) is 22.6 Å². The summed E-state index contributed by atoms with van der Waals surface area (Å²) in [7, 11) is -4.01. The maximum Gasteiger partial charge on any atom is 0.416 e. The maximum atomic E-state index is 12.7. The van der Waals surface area contributed by atoms with Crippen molar-refractivity contribution in [2.24, 2.45) is 0 Å². The molecule has 3 rings (SSSR count). The first-order valence-electron chi connectivity index (χ1n) is 8.12. The quantitative estimate of drug-likeness (QED) is 0.801. The molecule has 0 unspecified atom stereocenters. The largest absolute Gasteiger partial charge is 0.416 e. The molecule has 2 aromatic rings. The van der Waals surface area contributed by atoms with Crippen molar-refractivity contribution in [1.82, 2.24) is 9.71 Å². The summed E-state index contributed by atoms with van der Waals surface area (Å²) in [6.45, 7) is 2.03. The highest BCUT2D eigenvalue weighted by atomic mass is 32.2. The molecule has 0 radical (unpaired) electrons. The highest BCUT2D eigenvalue weighted by molar-refractivity contribution is 7.89. The van der Waals surface area contributed by atoms with Crippen molar-refractivity contribution in [3.8, 4) is 0 Å². The minimum absolute atomic E-state index is 0.0712. The van der Waals surface area contributed by atoms with Crippen LogP contribution in [0, 0.1) is 0 Å². The molecule has 10 heteroatoms. The summed E-state index contributed by atoms with van der Waals surface area (Å²) >= 11 is 1.52. The number of halogens is 3. The topological polar surface area (TPSA) is 62.3 Å². The number of anilines is 1.